The quantitative estimate of drug-likeness (QED) is 0.770. The molecule has 6 heteroatoms. The topological polar surface area (TPSA) is 75.3 Å². The Bertz CT molecular complexity index is 553. The van der Waals surface area contributed by atoms with E-state index in [0.717, 1.165) is 11.3 Å². The van der Waals surface area contributed by atoms with Crippen molar-refractivity contribution in [2.45, 2.75) is 13.3 Å². The van der Waals surface area contributed by atoms with Crippen molar-refractivity contribution < 1.29 is 13.2 Å². The first kappa shape index (κ1) is 15.5. The minimum absolute atomic E-state index is 0.0833. The molecule has 0 saturated heterocycles. The third-order valence-electron chi connectivity index (χ3n) is 2.67. The Hall–Kier alpha value is -1.56. The number of carbonyl (C=O) groups is 1. The molecule has 1 aromatic carbocycles. The summed E-state index contributed by atoms with van der Waals surface area (Å²) in [5.41, 5.74) is 2.33. The Kier molecular flexibility index (Phi) is 5.35. The van der Waals surface area contributed by atoms with Gasteiger partial charge in [-0.1, -0.05) is 11.6 Å². The highest BCUT2D eigenvalue weighted by atomic mass is 32.2. The summed E-state index contributed by atoms with van der Waals surface area (Å²) in [6.45, 7) is 2.27. The SMILES string of the molecule is CNc1ccc(C)cc1C(=O)NCCCS(C)(=O)=O. The summed E-state index contributed by atoms with van der Waals surface area (Å²) in [6.07, 6.45) is 1.61. The second-order valence-electron chi connectivity index (χ2n) is 4.54. The number of aryl methyl sites for hydroxylation is 1. The minimum atomic E-state index is -2.97. The second-order valence-corrected chi connectivity index (χ2v) is 6.80. The Balaban J connectivity index is 2.61. The van der Waals surface area contributed by atoms with Crippen LogP contribution in [0.15, 0.2) is 18.2 Å². The van der Waals surface area contributed by atoms with E-state index >= 15 is 0 Å². The summed E-state index contributed by atoms with van der Waals surface area (Å²) in [7, 11) is -1.21. The third-order valence-corrected chi connectivity index (χ3v) is 3.70. The van der Waals surface area contributed by atoms with Gasteiger partial charge in [-0.25, -0.2) is 8.42 Å². The van der Waals surface area contributed by atoms with Gasteiger partial charge in [0.15, 0.2) is 0 Å². The minimum Gasteiger partial charge on any atom is -0.387 e. The molecular formula is C13H20N2O3S. The maximum absolute atomic E-state index is 12.0. The van der Waals surface area contributed by atoms with E-state index < -0.39 is 9.84 Å². The molecule has 0 aromatic heterocycles. The molecule has 1 amide bonds. The zero-order chi connectivity index (χ0) is 14.5. The monoisotopic (exact) mass is 284 g/mol. The van der Waals surface area contributed by atoms with Crippen LogP contribution in [-0.2, 0) is 9.84 Å². The van der Waals surface area contributed by atoms with Gasteiger partial charge in [-0.15, -0.1) is 0 Å². The number of hydrogen-bond acceptors (Lipinski definition) is 4. The molecule has 0 fully saturated rings. The van der Waals surface area contributed by atoms with Crippen LogP contribution in [0.3, 0.4) is 0 Å². The van der Waals surface area contributed by atoms with Crippen molar-refractivity contribution in [3.05, 3.63) is 29.3 Å². The first-order valence-corrected chi connectivity index (χ1v) is 8.14. The number of benzene rings is 1. The third kappa shape index (κ3) is 5.30. The smallest absolute Gasteiger partial charge is 0.253 e. The van der Waals surface area contributed by atoms with Gasteiger partial charge < -0.3 is 10.6 Å². The molecule has 0 bridgehead atoms. The fourth-order valence-electron chi connectivity index (χ4n) is 1.70. The Morgan fingerprint density at radius 3 is 2.58 bits per heavy atom. The van der Waals surface area contributed by atoms with Crippen LogP contribution in [0.5, 0.6) is 0 Å². The lowest BCUT2D eigenvalue weighted by atomic mass is 10.1. The molecule has 5 nitrogen and oxygen atoms in total. The van der Waals surface area contributed by atoms with E-state index in [-0.39, 0.29) is 11.7 Å². The van der Waals surface area contributed by atoms with Crippen LogP contribution in [0.4, 0.5) is 5.69 Å². The number of hydrogen-bond donors (Lipinski definition) is 2. The van der Waals surface area contributed by atoms with E-state index in [4.69, 9.17) is 0 Å². The molecule has 1 aromatic rings. The molecule has 0 radical (unpaired) electrons. The van der Waals surface area contributed by atoms with Crippen molar-refractivity contribution in [3.63, 3.8) is 0 Å². The standard InChI is InChI=1S/C13H20N2O3S/c1-10-5-6-12(14-2)11(9-10)13(16)15-7-4-8-19(3,17)18/h5-6,9,14H,4,7-8H2,1-3H3,(H,15,16). The molecule has 0 aliphatic heterocycles. The average molecular weight is 284 g/mol. The first-order chi connectivity index (χ1) is 8.83. The fraction of sp³-hybridized carbons (Fsp3) is 0.462. The number of rotatable bonds is 6. The molecule has 1 rings (SSSR count). The lowest BCUT2D eigenvalue weighted by Crippen LogP contribution is -2.26. The molecule has 0 aliphatic carbocycles. The van der Waals surface area contributed by atoms with Gasteiger partial charge in [-0.3, -0.25) is 4.79 Å². The van der Waals surface area contributed by atoms with Crippen molar-refractivity contribution >= 4 is 21.4 Å². The van der Waals surface area contributed by atoms with Crippen molar-refractivity contribution in [1.82, 2.24) is 5.32 Å². The summed E-state index contributed by atoms with van der Waals surface area (Å²) in [5.74, 6) is -0.110. The highest BCUT2D eigenvalue weighted by Crippen LogP contribution is 2.16. The molecule has 0 aliphatic rings. The maximum atomic E-state index is 12.0. The molecular weight excluding hydrogens is 264 g/mol. The molecule has 106 valence electrons. The second kappa shape index (κ2) is 6.56. The van der Waals surface area contributed by atoms with Crippen LogP contribution in [-0.4, -0.2) is 39.9 Å². The molecule has 19 heavy (non-hydrogen) atoms. The van der Waals surface area contributed by atoms with Crippen LogP contribution in [0.2, 0.25) is 0 Å². The van der Waals surface area contributed by atoms with Crippen LogP contribution in [0.1, 0.15) is 22.3 Å². The van der Waals surface area contributed by atoms with Gasteiger partial charge in [0.1, 0.15) is 9.84 Å². The van der Waals surface area contributed by atoms with E-state index in [1.54, 1.807) is 13.1 Å². The van der Waals surface area contributed by atoms with Gasteiger partial charge in [-0.05, 0) is 25.5 Å². The molecule has 0 heterocycles. The van der Waals surface area contributed by atoms with E-state index in [1.165, 1.54) is 6.26 Å². The lowest BCUT2D eigenvalue weighted by molar-refractivity contribution is 0.0954. The highest BCUT2D eigenvalue weighted by molar-refractivity contribution is 7.90. The molecule has 2 N–H and O–H groups in total. The van der Waals surface area contributed by atoms with Gasteiger partial charge in [0.25, 0.3) is 5.91 Å². The van der Waals surface area contributed by atoms with Crippen molar-refractivity contribution in [2.75, 3.05) is 30.9 Å². The number of amides is 1. The number of anilines is 1. The maximum Gasteiger partial charge on any atom is 0.253 e. The van der Waals surface area contributed by atoms with Gasteiger partial charge >= 0.3 is 0 Å². The van der Waals surface area contributed by atoms with Gasteiger partial charge in [0.2, 0.25) is 0 Å². The summed E-state index contributed by atoms with van der Waals surface area (Å²) in [5, 5.41) is 5.69. The van der Waals surface area contributed by atoms with E-state index in [9.17, 15) is 13.2 Å². The zero-order valence-electron chi connectivity index (χ0n) is 11.5. The van der Waals surface area contributed by atoms with Crippen LogP contribution >= 0.6 is 0 Å². The Morgan fingerprint density at radius 1 is 1.32 bits per heavy atom. The van der Waals surface area contributed by atoms with Crippen molar-refractivity contribution in [1.29, 1.82) is 0 Å². The molecule has 0 unspecified atom stereocenters. The summed E-state index contributed by atoms with van der Waals surface area (Å²) in [6, 6.07) is 5.57. The average Bonchev–Trinajstić information content (AvgIpc) is 2.33. The van der Waals surface area contributed by atoms with Crippen LogP contribution in [0.25, 0.3) is 0 Å². The number of carbonyl (C=O) groups excluding carboxylic acids is 1. The van der Waals surface area contributed by atoms with Crippen molar-refractivity contribution in [3.8, 4) is 0 Å². The normalized spacial score (nSPS) is 11.1. The zero-order valence-corrected chi connectivity index (χ0v) is 12.3. The van der Waals surface area contributed by atoms with Crippen LogP contribution in [0, 0.1) is 6.92 Å². The van der Waals surface area contributed by atoms with Crippen LogP contribution < -0.4 is 10.6 Å². The lowest BCUT2D eigenvalue weighted by Gasteiger charge is -2.10. The van der Waals surface area contributed by atoms with E-state index in [1.807, 2.05) is 19.1 Å². The molecule has 0 atom stereocenters. The fourth-order valence-corrected chi connectivity index (χ4v) is 2.36. The number of sulfone groups is 1. The van der Waals surface area contributed by atoms with E-state index in [2.05, 4.69) is 10.6 Å². The predicted molar refractivity (Wildman–Crippen MR) is 77.4 cm³/mol. The first-order valence-electron chi connectivity index (χ1n) is 6.08. The summed E-state index contributed by atoms with van der Waals surface area (Å²) < 4.78 is 21.9. The Labute approximate surface area is 114 Å². The van der Waals surface area contributed by atoms with Crippen molar-refractivity contribution in [2.24, 2.45) is 0 Å². The van der Waals surface area contributed by atoms with Gasteiger partial charge in [-0.2, -0.15) is 0 Å². The highest BCUT2D eigenvalue weighted by Gasteiger charge is 2.10. The van der Waals surface area contributed by atoms with E-state index in [0.29, 0.717) is 18.5 Å². The largest absolute Gasteiger partial charge is 0.387 e. The Morgan fingerprint density at radius 2 is 2.00 bits per heavy atom. The summed E-state index contributed by atoms with van der Waals surface area (Å²) in [4.78, 5) is 12.0. The summed E-state index contributed by atoms with van der Waals surface area (Å²) >= 11 is 0. The predicted octanol–water partition coefficient (Wildman–Crippen LogP) is 1.20. The molecule has 0 saturated carbocycles. The van der Waals surface area contributed by atoms with Gasteiger partial charge in [0, 0.05) is 25.5 Å². The molecule has 0 spiro atoms. The number of nitrogens with one attached hydrogen (secondary N) is 2. The van der Waals surface area contributed by atoms with Gasteiger partial charge in [0.05, 0.1) is 11.3 Å².